The smallest absolute Gasteiger partial charge is 0.306 e. The van der Waals surface area contributed by atoms with E-state index in [-0.39, 0.29) is 24.0 Å². The summed E-state index contributed by atoms with van der Waals surface area (Å²) in [6.07, 6.45) is 13.1. The molecule has 0 aromatic heterocycles. The van der Waals surface area contributed by atoms with Gasteiger partial charge in [0, 0.05) is 7.11 Å². The van der Waals surface area contributed by atoms with Gasteiger partial charge in [0.15, 0.2) is 0 Å². The van der Waals surface area contributed by atoms with E-state index < -0.39 is 11.6 Å². The predicted octanol–water partition coefficient (Wildman–Crippen LogP) is 6.53. The molecule has 0 saturated heterocycles. The van der Waals surface area contributed by atoms with Crippen molar-refractivity contribution >= 4 is 5.97 Å². The van der Waals surface area contributed by atoms with Gasteiger partial charge in [-0.15, -0.1) is 0 Å². The summed E-state index contributed by atoms with van der Waals surface area (Å²) in [6.45, 7) is 12.3. The molecule has 7 atom stereocenters. The number of aliphatic carboxylic acids is 1. The van der Waals surface area contributed by atoms with E-state index in [2.05, 4.69) is 33.8 Å². The minimum absolute atomic E-state index is 0.119. The Bertz CT molecular complexity index is 665. The molecule has 0 amide bonds. The molecule has 0 radical (unpaired) electrons. The quantitative estimate of drug-likeness (QED) is 0.219. The highest BCUT2D eigenvalue weighted by atomic mass is 16.5. The summed E-state index contributed by atoms with van der Waals surface area (Å²) in [5, 5.41) is 29.9. The standard InChI is InChI=1S/C29H52O5/c1-20(13-9-17-29(6,33)18-10-14-22(3)28(31)32)11-8-12-21(2)15-16-25-19-26(30)23(4)24(5)27(25)34-7/h13,19,21-24,26-27,30,33H,8-12,14-18H2,1-7H3,(H,31,32)/b20-13+. The number of rotatable bonds is 16. The van der Waals surface area contributed by atoms with Crippen LogP contribution in [-0.4, -0.2) is 46.2 Å². The van der Waals surface area contributed by atoms with Crippen molar-refractivity contribution in [3.05, 3.63) is 23.3 Å². The zero-order chi connectivity index (χ0) is 25.9. The number of carboxylic acid groups (broad SMARTS) is 1. The number of hydrogen-bond acceptors (Lipinski definition) is 4. The fourth-order valence-electron chi connectivity index (χ4n) is 5.04. The molecule has 0 spiro atoms. The molecular weight excluding hydrogens is 428 g/mol. The van der Waals surface area contributed by atoms with E-state index in [9.17, 15) is 15.0 Å². The summed E-state index contributed by atoms with van der Waals surface area (Å²) in [6, 6.07) is 0. The van der Waals surface area contributed by atoms with Gasteiger partial charge in [-0.1, -0.05) is 51.8 Å². The molecular formula is C29H52O5. The first kappa shape index (κ1) is 30.9. The van der Waals surface area contributed by atoms with Crippen LogP contribution in [0.25, 0.3) is 0 Å². The van der Waals surface area contributed by atoms with Gasteiger partial charge in [-0.25, -0.2) is 0 Å². The Morgan fingerprint density at radius 2 is 1.82 bits per heavy atom. The maximum Gasteiger partial charge on any atom is 0.306 e. The summed E-state index contributed by atoms with van der Waals surface area (Å²) >= 11 is 0. The Labute approximate surface area is 208 Å². The van der Waals surface area contributed by atoms with Crippen molar-refractivity contribution in [1.82, 2.24) is 0 Å². The molecule has 198 valence electrons. The minimum atomic E-state index is -0.763. The highest BCUT2D eigenvalue weighted by Gasteiger charge is 2.34. The lowest BCUT2D eigenvalue weighted by atomic mass is 9.76. The van der Waals surface area contributed by atoms with Crippen molar-refractivity contribution in [2.45, 2.75) is 124 Å². The molecule has 0 heterocycles. The molecule has 5 heteroatoms. The summed E-state index contributed by atoms with van der Waals surface area (Å²) in [7, 11) is 1.78. The Balaban J connectivity index is 2.30. The van der Waals surface area contributed by atoms with Gasteiger partial charge in [-0.05, 0) is 95.0 Å². The lowest BCUT2D eigenvalue weighted by Gasteiger charge is -2.37. The lowest BCUT2D eigenvalue weighted by Crippen LogP contribution is -2.38. The van der Waals surface area contributed by atoms with Gasteiger partial charge in [0.05, 0.1) is 23.7 Å². The molecule has 7 unspecified atom stereocenters. The summed E-state index contributed by atoms with van der Waals surface area (Å²) in [5.41, 5.74) is 1.90. The van der Waals surface area contributed by atoms with Crippen molar-refractivity contribution in [2.24, 2.45) is 23.7 Å². The molecule has 1 aliphatic carbocycles. The van der Waals surface area contributed by atoms with Crippen LogP contribution in [0.4, 0.5) is 0 Å². The van der Waals surface area contributed by atoms with Crippen molar-refractivity contribution in [1.29, 1.82) is 0 Å². The van der Waals surface area contributed by atoms with Crippen molar-refractivity contribution in [3.63, 3.8) is 0 Å². The number of aliphatic hydroxyl groups excluding tert-OH is 1. The van der Waals surface area contributed by atoms with Crippen molar-refractivity contribution in [3.8, 4) is 0 Å². The average molecular weight is 481 g/mol. The molecule has 5 nitrogen and oxygen atoms in total. The first-order chi connectivity index (χ1) is 15.9. The third-order valence-corrected chi connectivity index (χ3v) is 7.99. The zero-order valence-electron chi connectivity index (χ0n) is 22.8. The van der Waals surface area contributed by atoms with Crippen LogP contribution in [-0.2, 0) is 9.53 Å². The maximum absolute atomic E-state index is 10.9. The van der Waals surface area contributed by atoms with E-state index >= 15 is 0 Å². The van der Waals surface area contributed by atoms with E-state index in [1.165, 1.54) is 17.6 Å². The molecule has 1 aliphatic rings. The van der Waals surface area contributed by atoms with Crippen LogP contribution in [0.5, 0.6) is 0 Å². The Morgan fingerprint density at radius 3 is 2.44 bits per heavy atom. The first-order valence-electron chi connectivity index (χ1n) is 13.4. The normalized spacial score (nSPS) is 27.1. The first-order valence-corrected chi connectivity index (χ1v) is 13.4. The second-order valence-electron chi connectivity index (χ2n) is 11.4. The summed E-state index contributed by atoms with van der Waals surface area (Å²) in [4.78, 5) is 10.9. The van der Waals surface area contributed by atoms with Crippen LogP contribution < -0.4 is 0 Å². The molecule has 34 heavy (non-hydrogen) atoms. The van der Waals surface area contributed by atoms with E-state index in [4.69, 9.17) is 9.84 Å². The van der Waals surface area contributed by atoms with Crippen LogP contribution in [0.15, 0.2) is 23.3 Å². The van der Waals surface area contributed by atoms with Gasteiger partial charge in [-0.2, -0.15) is 0 Å². The largest absolute Gasteiger partial charge is 0.481 e. The Kier molecular flexibility index (Phi) is 13.7. The number of ether oxygens (including phenoxy) is 1. The number of allylic oxidation sites excluding steroid dienone is 2. The van der Waals surface area contributed by atoms with Crippen molar-refractivity contribution in [2.75, 3.05) is 7.11 Å². The van der Waals surface area contributed by atoms with Crippen LogP contribution in [0.1, 0.15) is 106 Å². The zero-order valence-corrected chi connectivity index (χ0v) is 22.8. The van der Waals surface area contributed by atoms with Crippen LogP contribution in [0.2, 0.25) is 0 Å². The number of hydrogen-bond donors (Lipinski definition) is 3. The third-order valence-electron chi connectivity index (χ3n) is 7.99. The number of aliphatic hydroxyl groups is 2. The SMILES string of the molecule is COC1C(CCC(C)CCC/C(C)=C/CCC(C)(O)CCCC(C)C(=O)O)=CC(O)C(C)C1C. The predicted molar refractivity (Wildman–Crippen MR) is 140 cm³/mol. The van der Waals surface area contributed by atoms with Gasteiger partial charge in [-0.3, -0.25) is 4.79 Å². The second-order valence-corrected chi connectivity index (χ2v) is 11.4. The van der Waals surface area contributed by atoms with E-state index in [1.807, 2.05) is 13.0 Å². The van der Waals surface area contributed by atoms with E-state index in [0.29, 0.717) is 31.1 Å². The molecule has 0 fully saturated rings. The molecule has 3 N–H and O–H groups in total. The molecule has 0 aromatic rings. The number of carboxylic acids is 1. The summed E-state index contributed by atoms with van der Waals surface area (Å²) in [5.74, 6) is 0.0788. The van der Waals surface area contributed by atoms with Crippen molar-refractivity contribution < 1.29 is 24.9 Å². The molecule has 1 rings (SSSR count). The maximum atomic E-state index is 10.9. The monoisotopic (exact) mass is 480 g/mol. The number of methoxy groups -OCH3 is 1. The van der Waals surface area contributed by atoms with Crippen LogP contribution in [0, 0.1) is 23.7 Å². The third kappa shape index (κ3) is 11.0. The van der Waals surface area contributed by atoms with E-state index in [1.54, 1.807) is 14.0 Å². The molecule has 0 bridgehead atoms. The van der Waals surface area contributed by atoms with Crippen LogP contribution in [0.3, 0.4) is 0 Å². The topological polar surface area (TPSA) is 87.0 Å². The van der Waals surface area contributed by atoms with Gasteiger partial charge in [0.1, 0.15) is 0 Å². The molecule has 0 aromatic carbocycles. The average Bonchev–Trinajstić information content (AvgIpc) is 2.75. The van der Waals surface area contributed by atoms with Gasteiger partial charge in [0.25, 0.3) is 0 Å². The summed E-state index contributed by atoms with van der Waals surface area (Å²) < 4.78 is 5.75. The molecule has 0 saturated carbocycles. The Morgan fingerprint density at radius 1 is 1.15 bits per heavy atom. The highest BCUT2D eigenvalue weighted by molar-refractivity contribution is 5.69. The number of carbonyl (C=O) groups is 1. The van der Waals surface area contributed by atoms with E-state index in [0.717, 1.165) is 38.5 Å². The van der Waals surface area contributed by atoms with Gasteiger partial charge in [0.2, 0.25) is 0 Å². The second kappa shape index (κ2) is 15.1. The lowest BCUT2D eigenvalue weighted by molar-refractivity contribution is -0.141. The van der Waals surface area contributed by atoms with Crippen LogP contribution >= 0.6 is 0 Å². The Hall–Kier alpha value is -1.17. The fraction of sp³-hybridized carbons (Fsp3) is 0.828. The highest BCUT2D eigenvalue weighted by Crippen LogP contribution is 2.34. The minimum Gasteiger partial charge on any atom is -0.481 e. The fourth-order valence-corrected chi connectivity index (χ4v) is 5.04. The molecule has 0 aliphatic heterocycles. The van der Waals surface area contributed by atoms with Gasteiger partial charge >= 0.3 is 5.97 Å². The van der Waals surface area contributed by atoms with Gasteiger partial charge < -0.3 is 20.1 Å².